The quantitative estimate of drug-likeness (QED) is 0.0222. The van der Waals surface area contributed by atoms with Crippen molar-refractivity contribution in [1.29, 1.82) is 0 Å². The van der Waals surface area contributed by atoms with Gasteiger partial charge < -0.3 is 33.8 Å². The van der Waals surface area contributed by atoms with Gasteiger partial charge in [0.2, 0.25) is 0 Å². The molecule has 0 aromatic rings. The Hall–Kier alpha value is -1.94. The molecule has 109 heavy (non-hydrogen) atoms. The van der Waals surface area contributed by atoms with Crippen LogP contribution in [0.4, 0.5) is 0 Å². The maximum Gasteiger partial charge on any atom is 0.472 e. The molecule has 0 radical (unpaired) electrons. The van der Waals surface area contributed by atoms with Crippen molar-refractivity contribution in [2.24, 2.45) is 5.92 Å². The number of carbonyl (C=O) groups excluding carboxylic acids is 4. The smallest absolute Gasteiger partial charge is 0.462 e. The minimum Gasteiger partial charge on any atom is -0.462 e. The Bertz CT molecular complexity index is 2070. The number of hydrogen-bond donors (Lipinski definition) is 3. The van der Waals surface area contributed by atoms with Crippen LogP contribution in [-0.2, 0) is 65.4 Å². The fourth-order valence-electron chi connectivity index (χ4n) is 14.2. The van der Waals surface area contributed by atoms with Gasteiger partial charge in [-0.05, 0) is 31.6 Å². The van der Waals surface area contributed by atoms with Crippen LogP contribution in [0.25, 0.3) is 0 Å². The molecule has 0 aliphatic heterocycles. The summed E-state index contributed by atoms with van der Waals surface area (Å²) in [5.41, 5.74) is 0. The lowest BCUT2D eigenvalue weighted by molar-refractivity contribution is -0.161. The molecule has 0 fully saturated rings. The molecular weight excluding hydrogens is 1410 g/mol. The molecule has 5 atom stereocenters. The molecule has 0 spiro atoms. The van der Waals surface area contributed by atoms with Crippen molar-refractivity contribution < 1.29 is 80.2 Å². The summed E-state index contributed by atoms with van der Waals surface area (Å²) in [6.45, 7) is 7.38. The molecule has 0 rings (SSSR count). The van der Waals surface area contributed by atoms with Gasteiger partial charge in [0, 0.05) is 25.7 Å². The number of carbonyl (C=O) groups is 4. The van der Waals surface area contributed by atoms with Gasteiger partial charge in [-0.1, -0.05) is 439 Å². The van der Waals surface area contributed by atoms with E-state index in [9.17, 15) is 43.2 Å². The van der Waals surface area contributed by atoms with Crippen molar-refractivity contribution in [2.75, 3.05) is 39.6 Å². The number of esters is 4. The highest BCUT2D eigenvalue weighted by molar-refractivity contribution is 7.47. The van der Waals surface area contributed by atoms with Gasteiger partial charge in [0.25, 0.3) is 0 Å². The maximum absolute atomic E-state index is 13.2. The topological polar surface area (TPSA) is 237 Å². The predicted molar refractivity (Wildman–Crippen MR) is 451 cm³/mol. The third-order valence-corrected chi connectivity index (χ3v) is 23.2. The monoisotopic (exact) mass is 1590 g/mol. The van der Waals surface area contributed by atoms with Crippen LogP contribution in [0.5, 0.6) is 0 Å². The number of aliphatic hydroxyl groups is 1. The van der Waals surface area contributed by atoms with Crippen LogP contribution < -0.4 is 0 Å². The fraction of sp³-hybridized carbons (Fsp3) is 0.956. The summed E-state index contributed by atoms with van der Waals surface area (Å²) < 4.78 is 69.1. The van der Waals surface area contributed by atoms with E-state index in [4.69, 9.17) is 37.0 Å². The Labute approximate surface area is 670 Å². The number of unbranched alkanes of at least 4 members (excludes halogenated alkanes) is 62. The molecule has 17 nitrogen and oxygen atoms in total. The lowest BCUT2D eigenvalue weighted by atomic mass is 10.0. The molecule has 0 saturated carbocycles. The van der Waals surface area contributed by atoms with Gasteiger partial charge in [0.05, 0.1) is 26.4 Å². The van der Waals surface area contributed by atoms with Crippen LogP contribution in [0.3, 0.4) is 0 Å². The summed E-state index contributed by atoms with van der Waals surface area (Å²) >= 11 is 0. The Morgan fingerprint density at radius 1 is 0.248 bits per heavy atom. The largest absolute Gasteiger partial charge is 0.472 e. The highest BCUT2D eigenvalue weighted by atomic mass is 31.2. The minimum atomic E-state index is -4.97. The van der Waals surface area contributed by atoms with Crippen LogP contribution in [0, 0.1) is 5.92 Å². The summed E-state index contributed by atoms with van der Waals surface area (Å²) in [6.07, 6.45) is 77.9. The summed E-state index contributed by atoms with van der Waals surface area (Å²) in [7, 11) is -9.93. The van der Waals surface area contributed by atoms with Crippen LogP contribution in [0.1, 0.15) is 490 Å². The summed E-state index contributed by atoms with van der Waals surface area (Å²) in [5, 5.41) is 10.7. The Morgan fingerprint density at radius 3 is 0.624 bits per heavy atom. The molecular formula is C90H176O17P2. The fourth-order valence-corrected chi connectivity index (χ4v) is 15.8. The standard InChI is InChI=1S/C90H176O17P2/c1-6-9-12-15-18-21-24-27-30-33-36-39-42-45-48-53-58-63-68-73-87(92)100-79-85(106-89(94)75-70-65-60-54-49-46-43-40-37-34-31-28-25-22-19-16-13-10-7-2)81-104-108(96,97)102-77-84(91)78-103-109(98,99)105-82-86(80-101-88(93)74-69-64-59-56-51-52-57-62-67-72-83(4)5)107-90(95)76-71-66-61-55-50-47-44-41-38-35-32-29-26-23-20-17-14-11-8-3/h83-86,91H,6-82H2,1-5H3,(H,96,97)(H,98,99)/t84-,85-,86-/m1/s1. The summed E-state index contributed by atoms with van der Waals surface area (Å²) in [6, 6.07) is 0. The summed E-state index contributed by atoms with van der Waals surface area (Å²) in [5.74, 6) is -1.35. The Kier molecular flexibility index (Phi) is 81.1. The van der Waals surface area contributed by atoms with Crippen molar-refractivity contribution in [1.82, 2.24) is 0 Å². The van der Waals surface area contributed by atoms with E-state index in [1.165, 1.54) is 315 Å². The van der Waals surface area contributed by atoms with Gasteiger partial charge in [-0.15, -0.1) is 0 Å². The van der Waals surface area contributed by atoms with Crippen molar-refractivity contribution in [2.45, 2.75) is 509 Å². The van der Waals surface area contributed by atoms with Gasteiger partial charge in [0.15, 0.2) is 12.2 Å². The van der Waals surface area contributed by atoms with Crippen LogP contribution in [0.15, 0.2) is 0 Å². The number of rotatable bonds is 90. The van der Waals surface area contributed by atoms with Gasteiger partial charge in [-0.25, -0.2) is 9.13 Å². The Morgan fingerprint density at radius 2 is 0.422 bits per heavy atom. The molecule has 648 valence electrons. The van der Waals surface area contributed by atoms with Crippen molar-refractivity contribution in [3.63, 3.8) is 0 Å². The van der Waals surface area contributed by atoms with Gasteiger partial charge in [0.1, 0.15) is 19.3 Å². The van der Waals surface area contributed by atoms with Gasteiger partial charge in [-0.3, -0.25) is 37.3 Å². The second-order valence-electron chi connectivity index (χ2n) is 32.8. The Balaban J connectivity index is 5.25. The van der Waals surface area contributed by atoms with Crippen molar-refractivity contribution >= 4 is 39.5 Å². The average molecular weight is 1590 g/mol. The first-order valence-corrected chi connectivity index (χ1v) is 49.6. The zero-order valence-electron chi connectivity index (χ0n) is 71.7. The van der Waals surface area contributed by atoms with Gasteiger partial charge >= 0.3 is 39.5 Å². The van der Waals surface area contributed by atoms with Crippen LogP contribution in [0.2, 0.25) is 0 Å². The predicted octanol–water partition coefficient (Wildman–Crippen LogP) is 27.9. The van der Waals surface area contributed by atoms with E-state index >= 15 is 0 Å². The number of phosphoric ester groups is 2. The van der Waals surface area contributed by atoms with E-state index in [1.54, 1.807) is 0 Å². The second-order valence-corrected chi connectivity index (χ2v) is 35.7. The third-order valence-electron chi connectivity index (χ3n) is 21.3. The van der Waals surface area contributed by atoms with E-state index < -0.39 is 97.5 Å². The lowest BCUT2D eigenvalue weighted by Crippen LogP contribution is -2.30. The molecule has 3 N–H and O–H groups in total. The summed E-state index contributed by atoms with van der Waals surface area (Å²) in [4.78, 5) is 73.4. The maximum atomic E-state index is 13.2. The first-order chi connectivity index (χ1) is 53.0. The average Bonchev–Trinajstić information content (AvgIpc) is 0.898. The third kappa shape index (κ3) is 83.8. The van der Waals surface area contributed by atoms with Crippen LogP contribution >= 0.6 is 15.6 Å². The zero-order valence-corrected chi connectivity index (χ0v) is 73.5. The number of hydrogen-bond acceptors (Lipinski definition) is 15. The number of aliphatic hydroxyl groups excluding tert-OH is 1. The molecule has 0 aromatic carbocycles. The first-order valence-electron chi connectivity index (χ1n) is 46.6. The second kappa shape index (κ2) is 82.6. The highest BCUT2D eigenvalue weighted by Gasteiger charge is 2.31. The number of phosphoric acid groups is 2. The minimum absolute atomic E-state index is 0.109. The molecule has 0 aliphatic rings. The SMILES string of the molecule is CCCCCCCCCCCCCCCCCCCCCC(=O)OC[C@H](COP(=O)(O)OC[C@@H](O)COP(=O)(O)OC[C@@H](COC(=O)CCCCCCCCCCCC(C)C)OC(=O)CCCCCCCCCCCCCCCCCCCCC)OC(=O)CCCCCCCCCCCCCCCCCCCCC. The molecule has 0 heterocycles. The molecule has 0 aliphatic carbocycles. The zero-order chi connectivity index (χ0) is 79.7. The van der Waals surface area contributed by atoms with Crippen LogP contribution in [-0.4, -0.2) is 96.7 Å². The highest BCUT2D eigenvalue weighted by Crippen LogP contribution is 2.45. The van der Waals surface area contributed by atoms with E-state index in [2.05, 4.69) is 34.6 Å². The lowest BCUT2D eigenvalue weighted by Gasteiger charge is -2.21. The normalized spacial score (nSPS) is 13.7. The first kappa shape index (κ1) is 107. The molecule has 0 saturated heterocycles. The molecule has 0 amide bonds. The van der Waals surface area contributed by atoms with Gasteiger partial charge in [-0.2, -0.15) is 0 Å². The van der Waals surface area contributed by atoms with E-state index in [0.717, 1.165) is 95.8 Å². The number of ether oxygens (including phenoxy) is 4. The van der Waals surface area contributed by atoms with E-state index in [1.807, 2.05) is 0 Å². The van der Waals surface area contributed by atoms with E-state index in [-0.39, 0.29) is 25.7 Å². The molecule has 2 unspecified atom stereocenters. The molecule has 0 aromatic heterocycles. The molecule has 0 bridgehead atoms. The van der Waals surface area contributed by atoms with Crippen molar-refractivity contribution in [3.8, 4) is 0 Å². The van der Waals surface area contributed by atoms with E-state index in [0.29, 0.717) is 25.7 Å². The molecule has 19 heteroatoms. The van der Waals surface area contributed by atoms with Crippen molar-refractivity contribution in [3.05, 3.63) is 0 Å².